The van der Waals surface area contributed by atoms with Crippen LogP contribution >= 0.6 is 11.8 Å². The van der Waals surface area contributed by atoms with E-state index >= 15 is 0 Å². The Morgan fingerprint density at radius 2 is 2.14 bits per heavy atom. The second kappa shape index (κ2) is 8.02. The lowest BCUT2D eigenvalue weighted by atomic mass is 10.1. The van der Waals surface area contributed by atoms with Gasteiger partial charge in [-0.1, -0.05) is 19.1 Å². The molecule has 0 spiro atoms. The molecule has 0 heterocycles. The van der Waals surface area contributed by atoms with Crippen molar-refractivity contribution in [3.05, 3.63) is 29.3 Å². The van der Waals surface area contributed by atoms with Crippen LogP contribution < -0.4 is 5.32 Å². The van der Waals surface area contributed by atoms with Gasteiger partial charge in [0.15, 0.2) is 0 Å². The molecule has 0 saturated heterocycles. The largest absolute Gasteiger partial charge is 0.325 e. The molecule has 2 rings (SSSR count). The van der Waals surface area contributed by atoms with Crippen molar-refractivity contribution in [1.29, 1.82) is 0 Å². The molecule has 2 atom stereocenters. The fourth-order valence-electron chi connectivity index (χ4n) is 3.12. The van der Waals surface area contributed by atoms with E-state index in [1.54, 1.807) is 0 Å². The topological polar surface area (TPSA) is 32.3 Å². The summed E-state index contributed by atoms with van der Waals surface area (Å²) in [5.41, 5.74) is 3.22. The fraction of sp³-hybridized carbons (Fsp3) is 0.611. The predicted octanol–water partition coefficient (Wildman–Crippen LogP) is 3.85. The maximum Gasteiger partial charge on any atom is 0.238 e. The van der Waals surface area contributed by atoms with Crippen molar-refractivity contribution < 1.29 is 4.79 Å². The second-order valence-corrected chi connectivity index (χ2v) is 7.90. The van der Waals surface area contributed by atoms with Gasteiger partial charge in [-0.3, -0.25) is 9.69 Å². The van der Waals surface area contributed by atoms with Crippen LogP contribution in [-0.2, 0) is 4.79 Å². The first-order valence-electron chi connectivity index (χ1n) is 8.18. The molecular formula is C18H28N2OS. The van der Waals surface area contributed by atoms with E-state index in [4.69, 9.17) is 0 Å². The van der Waals surface area contributed by atoms with Gasteiger partial charge in [0.1, 0.15) is 0 Å². The number of anilines is 1. The zero-order chi connectivity index (χ0) is 16.1. The third-order valence-electron chi connectivity index (χ3n) is 4.44. The lowest BCUT2D eigenvalue weighted by Crippen LogP contribution is -2.37. The summed E-state index contributed by atoms with van der Waals surface area (Å²) in [5, 5.41) is 3.83. The molecule has 22 heavy (non-hydrogen) atoms. The number of thioether (sulfide) groups is 1. The van der Waals surface area contributed by atoms with Gasteiger partial charge in [-0.15, -0.1) is 0 Å². The molecule has 0 radical (unpaired) electrons. The van der Waals surface area contributed by atoms with Crippen LogP contribution in [-0.4, -0.2) is 41.4 Å². The van der Waals surface area contributed by atoms with Crippen LogP contribution in [0.25, 0.3) is 0 Å². The first kappa shape index (κ1) is 17.4. The lowest BCUT2D eigenvalue weighted by molar-refractivity contribution is -0.117. The molecule has 122 valence electrons. The van der Waals surface area contributed by atoms with Gasteiger partial charge in [-0.2, -0.15) is 11.8 Å². The first-order valence-corrected chi connectivity index (χ1v) is 9.23. The van der Waals surface area contributed by atoms with E-state index < -0.39 is 0 Å². The standard InChI is InChI=1S/C18H28N2OS/c1-5-22-16-9-8-15(11-16)20(4)12-18(21)19-17-10-13(2)6-7-14(17)3/h6-7,10,15-16H,5,8-9,11-12H2,1-4H3,(H,19,21). The molecule has 1 N–H and O–H groups in total. The number of carbonyl (C=O) groups excluding carboxylic acids is 1. The molecule has 3 nitrogen and oxygen atoms in total. The highest BCUT2D eigenvalue weighted by atomic mass is 32.2. The van der Waals surface area contributed by atoms with Crippen LogP contribution in [0.3, 0.4) is 0 Å². The molecule has 1 fully saturated rings. The Balaban J connectivity index is 1.85. The number of rotatable bonds is 6. The van der Waals surface area contributed by atoms with Crippen LogP contribution in [0.2, 0.25) is 0 Å². The summed E-state index contributed by atoms with van der Waals surface area (Å²) < 4.78 is 0. The van der Waals surface area contributed by atoms with Gasteiger partial charge in [-0.05, 0) is 63.1 Å². The predicted molar refractivity (Wildman–Crippen MR) is 96.7 cm³/mol. The summed E-state index contributed by atoms with van der Waals surface area (Å²) in [7, 11) is 2.08. The molecule has 1 aliphatic carbocycles. The molecule has 1 aromatic rings. The number of hydrogen-bond acceptors (Lipinski definition) is 3. The maximum atomic E-state index is 12.3. The van der Waals surface area contributed by atoms with Gasteiger partial charge in [0.2, 0.25) is 5.91 Å². The number of aryl methyl sites for hydroxylation is 2. The van der Waals surface area contributed by atoms with E-state index in [-0.39, 0.29) is 5.91 Å². The Kier molecular flexibility index (Phi) is 6.33. The molecule has 1 aromatic carbocycles. The Labute approximate surface area is 138 Å². The average molecular weight is 321 g/mol. The average Bonchev–Trinajstić information content (AvgIpc) is 2.92. The van der Waals surface area contributed by atoms with Gasteiger partial charge in [0.25, 0.3) is 0 Å². The number of amides is 1. The van der Waals surface area contributed by atoms with Gasteiger partial charge >= 0.3 is 0 Å². The first-order chi connectivity index (χ1) is 10.5. The second-order valence-electron chi connectivity index (χ2n) is 6.33. The lowest BCUT2D eigenvalue weighted by Gasteiger charge is -2.24. The van der Waals surface area contributed by atoms with Gasteiger partial charge in [-0.25, -0.2) is 0 Å². The summed E-state index contributed by atoms with van der Waals surface area (Å²) in [6.45, 7) is 6.77. The van der Waals surface area contributed by atoms with Crippen LogP contribution in [0.4, 0.5) is 5.69 Å². The van der Waals surface area contributed by atoms with Gasteiger partial charge in [0.05, 0.1) is 6.54 Å². The van der Waals surface area contributed by atoms with E-state index in [1.165, 1.54) is 30.6 Å². The third kappa shape index (κ3) is 4.75. The number of hydrogen-bond donors (Lipinski definition) is 1. The summed E-state index contributed by atoms with van der Waals surface area (Å²) in [6, 6.07) is 6.71. The molecule has 0 bridgehead atoms. The number of likely N-dealkylation sites (N-methyl/N-ethyl adjacent to an activating group) is 1. The van der Waals surface area contributed by atoms with Gasteiger partial charge < -0.3 is 5.32 Å². The Bertz CT molecular complexity index is 518. The highest BCUT2D eigenvalue weighted by molar-refractivity contribution is 7.99. The zero-order valence-corrected chi connectivity index (χ0v) is 15.0. The molecular weight excluding hydrogens is 292 g/mol. The van der Waals surface area contributed by atoms with Crippen molar-refractivity contribution in [2.45, 2.75) is 51.3 Å². The summed E-state index contributed by atoms with van der Waals surface area (Å²) >= 11 is 2.06. The molecule has 1 saturated carbocycles. The van der Waals surface area contributed by atoms with Crippen molar-refractivity contribution in [2.24, 2.45) is 0 Å². The third-order valence-corrected chi connectivity index (χ3v) is 5.68. The van der Waals surface area contributed by atoms with Crippen LogP contribution in [0.1, 0.15) is 37.3 Å². The smallest absolute Gasteiger partial charge is 0.238 e. The Morgan fingerprint density at radius 3 is 2.86 bits per heavy atom. The molecule has 1 aliphatic rings. The van der Waals surface area contributed by atoms with Crippen LogP contribution in [0, 0.1) is 13.8 Å². The van der Waals surface area contributed by atoms with Crippen molar-refractivity contribution in [2.75, 3.05) is 24.7 Å². The number of nitrogens with zero attached hydrogens (tertiary/aromatic N) is 1. The van der Waals surface area contributed by atoms with Crippen molar-refractivity contribution in [1.82, 2.24) is 4.90 Å². The Morgan fingerprint density at radius 1 is 1.36 bits per heavy atom. The van der Waals surface area contributed by atoms with E-state index in [0.717, 1.165) is 16.5 Å². The molecule has 4 heteroatoms. The maximum absolute atomic E-state index is 12.3. The highest BCUT2D eigenvalue weighted by Crippen LogP contribution is 2.32. The number of benzene rings is 1. The fourth-order valence-corrected chi connectivity index (χ4v) is 4.25. The minimum absolute atomic E-state index is 0.0859. The van der Waals surface area contributed by atoms with Crippen LogP contribution in [0.15, 0.2) is 18.2 Å². The van der Waals surface area contributed by atoms with E-state index in [0.29, 0.717) is 12.6 Å². The zero-order valence-electron chi connectivity index (χ0n) is 14.2. The summed E-state index contributed by atoms with van der Waals surface area (Å²) in [4.78, 5) is 14.5. The number of carbonyl (C=O) groups is 1. The molecule has 2 unspecified atom stereocenters. The van der Waals surface area contributed by atoms with Gasteiger partial charge in [0, 0.05) is 17.0 Å². The van der Waals surface area contributed by atoms with E-state index in [2.05, 4.69) is 48.1 Å². The minimum Gasteiger partial charge on any atom is -0.325 e. The highest BCUT2D eigenvalue weighted by Gasteiger charge is 2.28. The monoisotopic (exact) mass is 320 g/mol. The van der Waals surface area contributed by atoms with Crippen molar-refractivity contribution >= 4 is 23.4 Å². The summed E-state index contributed by atoms with van der Waals surface area (Å²) in [6.07, 6.45) is 3.71. The molecule has 0 aromatic heterocycles. The van der Waals surface area contributed by atoms with Crippen molar-refractivity contribution in [3.63, 3.8) is 0 Å². The normalized spacial score (nSPS) is 21.3. The summed E-state index contributed by atoms with van der Waals surface area (Å²) in [5.74, 6) is 1.27. The Hall–Kier alpha value is -1.00. The van der Waals surface area contributed by atoms with Crippen LogP contribution in [0.5, 0.6) is 0 Å². The van der Waals surface area contributed by atoms with Crippen molar-refractivity contribution in [3.8, 4) is 0 Å². The SMILES string of the molecule is CCSC1CCC(N(C)CC(=O)Nc2cc(C)ccc2C)C1. The molecule has 0 aliphatic heterocycles. The quantitative estimate of drug-likeness (QED) is 0.864. The van der Waals surface area contributed by atoms with E-state index in [1.807, 2.05) is 19.9 Å². The minimum atomic E-state index is 0.0859. The van der Waals surface area contributed by atoms with E-state index in [9.17, 15) is 4.79 Å². The molecule has 1 amide bonds. The number of nitrogens with one attached hydrogen (secondary N) is 1.